The third-order valence-corrected chi connectivity index (χ3v) is 4.02. The van der Waals surface area contributed by atoms with Crippen molar-refractivity contribution in [2.24, 2.45) is 0 Å². The summed E-state index contributed by atoms with van der Waals surface area (Å²) in [5.74, 6) is -0.397. The number of carbonyl (C=O) groups is 1. The van der Waals surface area contributed by atoms with Gasteiger partial charge in [0, 0.05) is 29.0 Å². The van der Waals surface area contributed by atoms with E-state index in [1.165, 1.54) is 0 Å². The summed E-state index contributed by atoms with van der Waals surface area (Å²) in [6.07, 6.45) is 2.27. The zero-order valence-corrected chi connectivity index (χ0v) is 13.8. The highest BCUT2D eigenvalue weighted by Gasteiger charge is 2.22. The molecule has 1 amide bonds. The molecule has 1 unspecified atom stereocenters. The zero-order valence-electron chi connectivity index (χ0n) is 13.0. The third-order valence-electron chi connectivity index (χ3n) is 3.77. The van der Waals surface area contributed by atoms with Crippen molar-refractivity contribution in [1.82, 2.24) is 4.98 Å². The molecule has 0 fully saturated rings. The second kappa shape index (κ2) is 7.75. The number of anilines is 1. The summed E-state index contributed by atoms with van der Waals surface area (Å²) in [6, 6.07) is 22.6. The average Bonchev–Trinajstić information content (AvgIpc) is 2.62. The summed E-state index contributed by atoms with van der Waals surface area (Å²) >= 11 is 5.97. The number of hydrogen-bond acceptors (Lipinski definition) is 2. The first kappa shape index (κ1) is 16.2. The molecule has 0 bridgehead atoms. The minimum atomic E-state index is -0.336. The van der Waals surface area contributed by atoms with Crippen molar-refractivity contribution in [3.05, 3.63) is 95.3 Å². The maximum atomic E-state index is 12.8. The molecule has 0 saturated carbocycles. The molecule has 1 aromatic heterocycles. The molecule has 0 aliphatic rings. The van der Waals surface area contributed by atoms with Crippen molar-refractivity contribution < 1.29 is 4.79 Å². The molecule has 3 aromatic rings. The van der Waals surface area contributed by atoms with E-state index in [0.717, 1.165) is 16.9 Å². The van der Waals surface area contributed by atoms with E-state index >= 15 is 0 Å². The number of hydrogen-bond donors (Lipinski definition) is 1. The first-order chi connectivity index (χ1) is 11.7. The van der Waals surface area contributed by atoms with Crippen LogP contribution in [0.3, 0.4) is 0 Å². The van der Waals surface area contributed by atoms with E-state index < -0.39 is 0 Å². The van der Waals surface area contributed by atoms with Gasteiger partial charge in [-0.25, -0.2) is 0 Å². The summed E-state index contributed by atoms with van der Waals surface area (Å²) in [7, 11) is 0. The molecule has 0 aliphatic heterocycles. The van der Waals surface area contributed by atoms with Crippen molar-refractivity contribution in [3.63, 3.8) is 0 Å². The van der Waals surface area contributed by atoms with E-state index in [4.69, 9.17) is 11.6 Å². The van der Waals surface area contributed by atoms with Crippen molar-refractivity contribution >= 4 is 23.2 Å². The van der Waals surface area contributed by atoms with Crippen LogP contribution >= 0.6 is 11.6 Å². The van der Waals surface area contributed by atoms with Gasteiger partial charge in [0.05, 0.1) is 5.92 Å². The Labute approximate surface area is 146 Å². The third kappa shape index (κ3) is 4.21. The number of halogens is 1. The van der Waals surface area contributed by atoms with Gasteiger partial charge in [-0.3, -0.25) is 9.78 Å². The Morgan fingerprint density at radius 2 is 1.67 bits per heavy atom. The second-order valence-corrected chi connectivity index (χ2v) is 5.92. The lowest BCUT2D eigenvalue weighted by Crippen LogP contribution is -2.23. The monoisotopic (exact) mass is 336 g/mol. The fourth-order valence-corrected chi connectivity index (χ4v) is 2.66. The van der Waals surface area contributed by atoms with E-state index in [-0.39, 0.29) is 11.8 Å². The van der Waals surface area contributed by atoms with Gasteiger partial charge in [-0.1, -0.05) is 48.0 Å². The topological polar surface area (TPSA) is 42.0 Å². The Morgan fingerprint density at radius 1 is 0.958 bits per heavy atom. The molecule has 3 nitrogen and oxygen atoms in total. The first-order valence-corrected chi connectivity index (χ1v) is 8.11. The van der Waals surface area contributed by atoms with Gasteiger partial charge in [-0.2, -0.15) is 0 Å². The van der Waals surface area contributed by atoms with Gasteiger partial charge in [0.1, 0.15) is 0 Å². The fraction of sp³-hybridized carbons (Fsp3) is 0.100. The molecule has 0 aliphatic carbocycles. The molecule has 0 radical (unpaired) electrons. The molecule has 1 heterocycles. The molecule has 1 atom stereocenters. The number of nitrogens with zero attached hydrogens (tertiary/aromatic N) is 1. The number of nitrogens with one attached hydrogen (secondary N) is 1. The molecule has 0 saturated heterocycles. The predicted octanol–water partition coefficient (Wildman–Crippen LogP) is 4.70. The quantitative estimate of drug-likeness (QED) is 0.733. The van der Waals surface area contributed by atoms with Crippen LogP contribution in [0.15, 0.2) is 79.0 Å². The second-order valence-electron chi connectivity index (χ2n) is 5.48. The zero-order chi connectivity index (χ0) is 16.8. The van der Waals surface area contributed by atoms with Crippen LogP contribution in [0, 0.1) is 0 Å². The predicted molar refractivity (Wildman–Crippen MR) is 97.2 cm³/mol. The van der Waals surface area contributed by atoms with Crippen molar-refractivity contribution in [2.45, 2.75) is 12.3 Å². The number of rotatable bonds is 5. The van der Waals surface area contributed by atoms with Gasteiger partial charge in [0.2, 0.25) is 5.91 Å². The van der Waals surface area contributed by atoms with Crippen LogP contribution in [0.5, 0.6) is 0 Å². The molecule has 4 heteroatoms. The molecular weight excluding hydrogens is 320 g/mol. The molecule has 2 aromatic carbocycles. The Bertz CT molecular complexity index is 789. The molecule has 0 spiro atoms. The van der Waals surface area contributed by atoms with Gasteiger partial charge in [-0.15, -0.1) is 0 Å². The maximum Gasteiger partial charge on any atom is 0.232 e. The molecule has 120 valence electrons. The van der Waals surface area contributed by atoms with E-state index in [9.17, 15) is 4.79 Å². The van der Waals surface area contributed by atoms with Crippen LogP contribution in [-0.4, -0.2) is 10.9 Å². The summed E-state index contributed by atoms with van der Waals surface area (Å²) in [6.45, 7) is 0. The number of aromatic nitrogens is 1. The molecule has 3 rings (SSSR count). The Hall–Kier alpha value is -2.65. The van der Waals surface area contributed by atoms with Crippen LogP contribution in [0.1, 0.15) is 17.2 Å². The number of carbonyl (C=O) groups excluding carboxylic acids is 1. The van der Waals surface area contributed by atoms with Crippen LogP contribution in [0.2, 0.25) is 5.02 Å². The van der Waals surface area contributed by atoms with Crippen molar-refractivity contribution in [1.29, 1.82) is 0 Å². The highest BCUT2D eigenvalue weighted by atomic mass is 35.5. The lowest BCUT2D eigenvalue weighted by Gasteiger charge is -2.17. The Kier molecular flexibility index (Phi) is 5.24. The van der Waals surface area contributed by atoms with Crippen LogP contribution < -0.4 is 5.32 Å². The summed E-state index contributed by atoms with van der Waals surface area (Å²) < 4.78 is 0. The van der Waals surface area contributed by atoms with Crippen molar-refractivity contribution in [3.8, 4) is 0 Å². The van der Waals surface area contributed by atoms with Crippen LogP contribution in [-0.2, 0) is 11.2 Å². The van der Waals surface area contributed by atoms with Crippen LogP contribution in [0.25, 0.3) is 0 Å². The highest BCUT2D eigenvalue weighted by molar-refractivity contribution is 6.30. The maximum absolute atomic E-state index is 12.8. The first-order valence-electron chi connectivity index (χ1n) is 7.73. The fourth-order valence-electron chi connectivity index (χ4n) is 2.54. The lowest BCUT2D eigenvalue weighted by molar-refractivity contribution is -0.117. The highest BCUT2D eigenvalue weighted by Crippen LogP contribution is 2.24. The van der Waals surface area contributed by atoms with E-state index in [2.05, 4.69) is 10.3 Å². The average molecular weight is 337 g/mol. The Morgan fingerprint density at radius 3 is 2.33 bits per heavy atom. The minimum absolute atomic E-state index is 0.0609. The molecular formula is C20H17ClN2O. The van der Waals surface area contributed by atoms with Gasteiger partial charge in [-0.05, 0) is 42.0 Å². The smallest absolute Gasteiger partial charge is 0.232 e. The SMILES string of the molecule is O=C(Nc1ccccc1)C(Cc1ccccn1)c1ccc(Cl)cc1. The largest absolute Gasteiger partial charge is 0.326 e. The molecule has 24 heavy (non-hydrogen) atoms. The number of para-hydroxylation sites is 1. The minimum Gasteiger partial charge on any atom is -0.326 e. The summed E-state index contributed by atoms with van der Waals surface area (Å²) in [5.41, 5.74) is 2.57. The molecule has 1 N–H and O–H groups in total. The van der Waals surface area contributed by atoms with Crippen molar-refractivity contribution in [2.75, 3.05) is 5.32 Å². The number of benzene rings is 2. The summed E-state index contributed by atoms with van der Waals surface area (Å²) in [5, 5.41) is 3.63. The van der Waals surface area contributed by atoms with E-state index in [0.29, 0.717) is 11.4 Å². The summed E-state index contributed by atoms with van der Waals surface area (Å²) in [4.78, 5) is 17.2. The number of pyridine rings is 1. The van der Waals surface area contributed by atoms with Crippen LogP contribution in [0.4, 0.5) is 5.69 Å². The normalized spacial score (nSPS) is 11.7. The van der Waals surface area contributed by atoms with Gasteiger partial charge in [0.25, 0.3) is 0 Å². The lowest BCUT2D eigenvalue weighted by atomic mass is 9.93. The van der Waals surface area contributed by atoms with Gasteiger partial charge >= 0.3 is 0 Å². The standard InChI is InChI=1S/C20H17ClN2O/c21-16-11-9-15(10-12-16)19(14-18-8-4-5-13-22-18)20(24)23-17-6-2-1-3-7-17/h1-13,19H,14H2,(H,23,24). The van der Waals surface area contributed by atoms with Gasteiger partial charge < -0.3 is 5.32 Å². The Balaban J connectivity index is 1.86. The van der Waals surface area contributed by atoms with E-state index in [1.807, 2.05) is 60.7 Å². The number of amides is 1. The van der Waals surface area contributed by atoms with E-state index in [1.54, 1.807) is 18.3 Å². The van der Waals surface area contributed by atoms with Gasteiger partial charge in [0.15, 0.2) is 0 Å².